The summed E-state index contributed by atoms with van der Waals surface area (Å²) in [4.78, 5) is 20.0. The van der Waals surface area contributed by atoms with Gasteiger partial charge < -0.3 is 10.2 Å². The van der Waals surface area contributed by atoms with Crippen molar-refractivity contribution < 1.29 is 4.79 Å². The molecule has 0 saturated carbocycles. The lowest BCUT2D eigenvalue weighted by molar-refractivity contribution is -0.115. The molecule has 7 heteroatoms. The molecule has 136 valence electrons. The molecule has 0 unspecified atom stereocenters. The summed E-state index contributed by atoms with van der Waals surface area (Å²) in [7, 11) is 0. The molecule has 1 fully saturated rings. The second kappa shape index (κ2) is 7.07. The van der Waals surface area contributed by atoms with Gasteiger partial charge in [-0.3, -0.25) is 4.79 Å². The van der Waals surface area contributed by atoms with E-state index in [0.717, 1.165) is 34.4 Å². The van der Waals surface area contributed by atoms with Gasteiger partial charge in [0.1, 0.15) is 5.69 Å². The molecule has 0 atom stereocenters. The van der Waals surface area contributed by atoms with Crippen molar-refractivity contribution in [3.05, 3.63) is 29.8 Å². The molecule has 1 saturated heterocycles. The van der Waals surface area contributed by atoms with Crippen LogP contribution in [-0.2, 0) is 4.79 Å². The number of anilines is 2. The number of carbonyl (C=O) groups excluding carboxylic acids is 1. The van der Waals surface area contributed by atoms with Crippen molar-refractivity contribution in [2.75, 3.05) is 23.3 Å². The molecule has 1 aromatic carbocycles. The maximum atomic E-state index is 12.1. The molecular weight excluding hydrogens is 346 g/mol. The Labute approximate surface area is 156 Å². The van der Waals surface area contributed by atoms with E-state index in [0.29, 0.717) is 12.2 Å². The van der Waals surface area contributed by atoms with Gasteiger partial charge in [-0.2, -0.15) is 4.52 Å². The predicted octanol–water partition coefficient (Wildman–Crippen LogP) is 4.11. The minimum absolute atomic E-state index is 0.0346. The molecule has 1 amide bonds. The number of carbonyl (C=O) groups is 1. The highest BCUT2D eigenvalue weighted by molar-refractivity contribution is 7.20. The highest BCUT2D eigenvalue weighted by atomic mass is 32.1. The summed E-state index contributed by atoms with van der Waals surface area (Å²) in [5, 5.41) is 8.75. The molecule has 0 spiro atoms. The lowest BCUT2D eigenvalue weighted by atomic mass is 10.1. The first-order chi connectivity index (χ1) is 12.7. The van der Waals surface area contributed by atoms with Crippen molar-refractivity contribution in [1.82, 2.24) is 14.6 Å². The normalized spacial score (nSPS) is 14.8. The number of amides is 1. The van der Waals surface area contributed by atoms with E-state index in [2.05, 4.69) is 29.3 Å². The van der Waals surface area contributed by atoms with Crippen LogP contribution in [0.1, 0.15) is 38.2 Å². The van der Waals surface area contributed by atoms with Gasteiger partial charge in [-0.25, -0.2) is 4.98 Å². The van der Waals surface area contributed by atoms with E-state index < -0.39 is 0 Å². The van der Waals surface area contributed by atoms with E-state index in [1.807, 2.05) is 19.1 Å². The number of hydrogen-bond acceptors (Lipinski definition) is 5. The molecule has 1 aliphatic heterocycles. The maximum absolute atomic E-state index is 12.1. The van der Waals surface area contributed by atoms with Crippen molar-refractivity contribution in [2.24, 2.45) is 0 Å². The highest BCUT2D eigenvalue weighted by Gasteiger charge is 2.22. The first-order valence-corrected chi connectivity index (χ1v) is 9.98. The van der Waals surface area contributed by atoms with Gasteiger partial charge >= 0.3 is 0 Å². The summed E-state index contributed by atoms with van der Waals surface area (Å²) < 4.78 is 1.79. The lowest BCUT2D eigenvalue weighted by Gasteiger charge is -2.25. The van der Waals surface area contributed by atoms with E-state index in [-0.39, 0.29) is 5.91 Å². The first-order valence-electron chi connectivity index (χ1n) is 9.17. The molecule has 2 aromatic heterocycles. The number of piperidine rings is 1. The monoisotopic (exact) mass is 369 g/mol. The third kappa shape index (κ3) is 3.19. The van der Waals surface area contributed by atoms with E-state index in [4.69, 9.17) is 10.1 Å². The van der Waals surface area contributed by atoms with Crippen LogP contribution in [0.2, 0.25) is 0 Å². The fourth-order valence-electron chi connectivity index (χ4n) is 3.20. The summed E-state index contributed by atoms with van der Waals surface area (Å²) in [6.07, 6.45) is 4.12. The van der Waals surface area contributed by atoms with E-state index >= 15 is 0 Å². The summed E-state index contributed by atoms with van der Waals surface area (Å²) >= 11 is 1.59. The Hall–Kier alpha value is -2.41. The second-order valence-corrected chi connectivity index (χ2v) is 7.64. The zero-order valence-electron chi connectivity index (χ0n) is 15.2. The quantitative estimate of drug-likeness (QED) is 0.752. The molecule has 3 heterocycles. The van der Waals surface area contributed by atoms with Crippen LogP contribution < -0.4 is 10.2 Å². The topological polar surface area (TPSA) is 62.5 Å². The highest BCUT2D eigenvalue weighted by Crippen LogP contribution is 2.34. The number of hydrogen-bond donors (Lipinski definition) is 1. The second-order valence-electron chi connectivity index (χ2n) is 6.70. The smallest absolute Gasteiger partial charge is 0.225 e. The molecule has 26 heavy (non-hydrogen) atoms. The van der Waals surface area contributed by atoms with Gasteiger partial charge in [-0.05, 0) is 26.2 Å². The van der Waals surface area contributed by atoms with Crippen LogP contribution in [0.4, 0.5) is 10.9 Å². The number of nitrogens with one attached hydrogen (secondary N) is 1. The number of rotatable bonds is 4. The number of fused-ring (bicyclic) bond motifs is 1. The summed E-state index contributed by atoms with van der Waals surface area (Å²) in [5.74, 6) is 0.628. The Morgan fingerprint density at radius 1 is 1.19 bits per heavy atom. The van der Waals surface area contributed by atoms with Crippen LogP contribution in [0.3, 0.4) is 0 Å². The molecule has 0 radical (unpaired) electrons. The van der Waals surface area contributed by atoms with Crippen LogP contribution in [0.25, 0.3) is 16.2 Å². The molecule has 6 nitrogen and oxygen atoms in total. The summed E-state index contributed by atoms with van der Waals surface area (Å²) in [5.41, 5.74) is 2.95. The van der Waals surface area contributed by atoms with E-state index in [9.17, 15) is 4.79 Å². The van der Waals surface area contributed by atoms with Crippen molar-refractivity contribution in [3.63, 3.8) is 0 Å². The molecular formula is C19H23N5OS. The number of aryl methyl sites for hydroxylation is 1. The molecule has 4 rings (SSSR count). The molecule has 0 bridgehead atoms. The number of benzene rings is 1. The van der Waals surface area contributed by atoms with Gasteiger partial charge in [-0.1, -0.05) is 48.1 Å². The Kier molecular flexibility index (Phi) is 4.63. The van der Waals surface area contributed by atoms with Gasteiger partial charge in [0.2, 0.25) is 16.0 Å². The third-order valence-electron chi connectivity index (χ3n) is 4.72. The number of aromatic nitrogens is 3. The van der Waals surface area contributed by atoms with Gasteiger partial charge in [-0.15, -0.1) is 5.10 Å². The standard InChI is InChI=1S/C19H23N5OS/c1-3-15(25)20-17-16(14-9-7-13(2)8-10-14)21-18-24(17)22-19(26-18)23-11-5-4-6-12-23/h7-10H,3-6,11-12H2,1-2H3,(H,20,25). The van der Waals surface area contributed by atoms with Crippen LogP contribution in [0.15, 0.2) is 24.3 Å². The largest absolute Gasteiger partial charge is 0.347 e. The minimum Gasteiger partial charge on any atom is -0.347 e. The first kappa shape index (κ1) is 17.0. The summed E-state index contributed by atoms with van der Waals surface area (Å²) in [6, 6.07) is 8.19. The van der Waals surface area contributed by atoms with Gasteiger partial charge in [0.05, 0.1) is 0 Å². The van der Waals surface area contributed by atoms with Gasteiger partial charge in [0.25, 0.3) is 0 Å². The van der Waals surface area contributed by atoms with Crippen molar-refractivity contribution in [2.45, 2.75) is 39.5 Å². The fourth-order valence-corrected chi connectivity index (χ4v) is 4.15. The van der Waals surface area contributed by atoms with Crippen LogP contribution >= 0.6 is 11.3 Å². The maximum Gasteiger partial charge on any atom is 0.225 e. The van der Waals surface area contributed by atoms with Crippen LogP contribution in [-0.4, -0.2) is 33.6 Å². The lowest BCUT2D eigenvalue weighted by Crippen LogP contribution is -2.29. The minimum atomic E-state index is -0.0346. The van der Waals surface area contributed by atoms with Gasteiger partial charge in [0, 0.05) is 25.1 Å². The SMILES string of the molecule is CCC(=O)Nc1c(-c2ccc(C)cc2)nc2sc(N3CCCCC3)nn12. The average molecular weight is 369 g/mol. The average Bonchev–Trinajstić information content (AvgIpc) is 3.22. The molecule has 1 aliphatic rings. The molecule has 3 aromatic rings. The Morgan fingerprint density at radius 3 is 2.62 bits per heavy atom. The predicted molar refractivity (Wildman–Crippen MR) is 106 cm³/mol. The van der Waals surface area contributed by atoms with E-state index in [1.165, 1.54) is 24.8 Å². The Bertz CT molecular complexity index is 921. The fraction of sp³-hybridized carbons (Fsp3) is 0.421. The zero-order chi connectivity index (χ0) is 18.1. The van der Waals surface area contributed by atoms with Crippen molar-refractivity contribution in [1.29, 1.82) is 0 Å². The molecule has 0 aliphatic carbocycles. The Morgan fingerprint density at radius 2 is 1.92 bits per heavy atom. The third-order valence-corrected chi connectivity index (χ3v) is 5.69. The molecule has 1 N–H and O–H groups in total. The van der Waals surface area contributed by atoms with Crippen molar-refractivity contribution >= 4 is 33.2 Å². The zero-order valence-corrected chi connectivity index (χ0v) is 16.0. The van der Waals surface area contributed by atoms with Gasteiger partial charge in [0.15, 0.2) is 5.82 Å². The van der Waals surface area contributed by atoms with E-state index in [1.54, 1.807) is 15.9 Å². The van der Waals surface area contributed by atoms with Crippen molar-refractivity contribution in [3.8, 4) is 11.3 Å². The van der Waals surface area contributed by atoms with Crippen LogP contribution in [0, 0.1) is 6.92 Å². The summed E-state index contributed by atoms with van der Waals surface area (Å²) in [6.45, 7) is 5.98. The van der Waals surface area contributed by atoms with Crippen LogP contribution in [0.5, 0.6) is 0 Å². The Balaban J connectivity index is 1.78. The number of imidazole rings is 1. The number of nitrogens with zero attached hydrogens (tertiary/aromatic N) is 4.